The van der Waals surface area contributed by atoms with Crippen molar-refractivity contribution in [2.24, 2.45) is 0 Å². The number of H-pyrrole nitrogens is 1. The monoisotopic (exact) mass is 261 g/mol. The highest BCUT2D eigenvalue weighted by atomic mass is 16.5. The van der Waals surface area contributed by atoms with Gasteiger partial charge >= 0.3 is 5.97 Å². The minimum absolute atomic E-state index is 0.153. The Morgan fingerprint density at radius 3 is 3.00 bits per heavy atom. The van der Waals surface area contributed by atoms with Crippen LogP contribution in [-0.4, -0.2) is 27.2 Å². The molecule has 2 rings (SSSR count). The number of nitrogens with one attached hydrogen (secondary N) is 1. The molecule has 0 aliphatic rings. The Bertz CT molecular complexity index is 697. The zero-order valence-electron chi connectivity index (χ0n) is 10.9. The maximum atomic E-state index is 11.9. The predicted molar refractivity (Wildman–Crippen MR) is 70.4 cm³/mol. The van der Waals surface area contributed by atoms with Crippen molar-refractivity contribution in [1.29, 1.82) is 0 Å². The second-order valence-electron chi connectivity index (χ2n) is 4.09. The van der Waals surface area contributed by atoms with Gasteiger partial charge in [-0.2, -0.15) is 9.61 Å². The lowest BCUT2D eigenvalue weighted by Crippen LogP contribution is -2.15. The summed E-state index contributed by atoms with van der Waals surface area (Å²) in [5.41, 5.74) is 1.70. The molecule has 1 N–H and O–H groups in total. The third-order valence-corrected chi connectivity index (χ3v) is 2.67. The highest BCUT2D eigenvalue weighted by Gasteiger charge is 2.21. The molecule has 0 spiro atoms. The van der Waals surface area contributed by atoms with Gasteiger partial charge in [-0.25, -0.2) is 4.79 Å². The van der Waals surface area contributed by atoms with E-state index in [-0.39, 0.29) is 17.9 Å². The second-order valence-corrected chi connectivity index (χ2v) is 4.09. The van der Waals surface area contributed by atoms with Gasteiger partial charge in [0.2, 0.25) is 0 Å². The van der Waals surface area contributed by atoms with Gasteiger partial charge in [0.1, 0.15) is 5.65 Å². The number of aromatic nitrogens is 3. The van der Waals surface area contributed by atoms with Gasteiger partial charge in [0.15, 0.2) is 5.69 Å². The summed E-state index contributed by atoms with van der Waals surface area (Å²) in [6.07, 6.45) is 2.08. The van der Waals surface area contributed by atoms with Crippen molar-refractivity contribution in [3.63, 3.8) is 0 Å². The van der Waals surface area contributed by atoms with Crippen LogP contribution in [0.25, 0.3) is 5.65 Å². The average molecular weight is 261 g/mol. The molecule has 0 unspecified atom stereocenters. The second kappa shape index (κ2) is 5.09. The van der Waals surface area contributed by atoms with Gasteiger partial charge in [-0.15, -0.1) is 6.58 Å². The number of esters is 1. The van der Waals surface area contributed by atoms with E-state index in [2.05, 4.69) is 16.7 Å². The van der Waals surface area contributed by atoms with Gasteiger partial charge in [-0.3, -0.25) is 4.79 Å². The van der Waals surface area contributed by atoms with Crippen LogP contribution in [-0.2, 0) is 11.2 Å². The van der Waals surface area contributed by atoms with Crippen molar-refractivity contribution in [3.8, 4) is 0 Å². The molecule has 0 amide bonds. The van der Waals surface area contributed by atoms with Crippen LogP contribution in [0.15, 0.2) is 23.5 Å². The molecule has 19 heavy (non-hydrogen) atoms. The maximum Gasteiger partial charge on any atom is 0.359 e. The van der Waals surface area contributed by atoms with E-state index in [1.165, 1.54) is 10.6 Å². The molecule has 2 heterocycles. The van der Waals surface area contributed by atoms with E-state index in [9.17, 15) is 9.59 Å². The van der Waals surface area contributed by atoms with Crippen LogP contribution in [0.5, 0.6) is 0 Å². The first-order valence-corrected chi connectivity index (χ1v) is 5.98. The lowest BCUT2D eigenvalue weighted by atomic mass is 10.1. The van der Waals surface area contributed by atoms with Crippen LogP contribution in [0.3, 0.4) is 0 Å². The zero-order valence-corrected chi connectivity index (χ0v) is 10.9. The number of nitrogens with zero attached hydrogens (tertiary/aromatic N) is 2. The molecular formula is C13H15N3O3. The fourth-order valence-corrected chi connectivity index (χ4v) is 1.91. The Morgan fingerprint density at radius 1 is 1.63 bits per heavy atom. The van der Waals surface area contributed by atoms with E-state index in [1.807, 2.05) is 0 Å². The Hall–Kier alpha value is -2.37. The Balaban J connectivity index is 2.73. The van der Waals surface area contributed by atoms with Gasteiger partial charge < -0.3 is 9.72 Å². The normalized spacial score (nSPS) is 10.6. The van der Waals surface area contributed by atoms with Crippen molar-refractivity contribution in [3.05, 3.63) is 46.0 Å². The molecule has 0 bridgehead atoms. The number of rotatable bonds is 4. The number of carbonyl (C=O) groups is 1. The standard InChI is InChI=1S/C13H15N3O3/c1-4-6-9-11(13(18)19-5-2)15-16-10(17)7-8(3)14-12(9)16/h4,7,14H,1,5-6H2,2-3H3. The number of hydrogen-bond donors (Lipinski definition) is 1. The summed E-state index contributed by atoms with van der Waals surface area (Å²) in [7, 11) is 0. The molecule has 0 fully saturated rings. The van der Waals surface area contributed by atoms with Crippen LogP contribution >= 0.6 is 0 Å². The SMILES string of the molecule is C=CCc1c(C(=O)OCC)nn2c(=O)cc(C)[nH]c12. The van der Waals surface area contributed by atoms with Gasteiger partial charge in [-0.1, -0.05) is 6.08 Å². The topological polar surface area (TPSA) is 76.5 Å². The number of hydrogen-bond acceptors (Lipinski definition) is 4. The van der Waals surface area contributed by atoms with E-state index in [4.69, 9.17) is 4.74 Å². The Kier molecular flexibility index (Phi) is 3.50. The zero-order chi connectivity index (χ0) is 14.0. The number of aromatic amines is 1. The fraction of sp³-hybridized carbons (Fsp3) is 0.308. The van der Waals surface area contributed by atoms with Crippen LogP contribution in [0.1, 0.15) is 28.7 Å². The first kappa shape index (κ1) is 13.1. The summed E-state index contributed by atoms with van der Waals surface area (Å²) in [4.78, 5) is 26.8. The van der Waals surface area contributed by atoms with Gasteiger partial charge in [0, 0.05) is 17.3 Å². The van der Waals surface area contributed by atoms with Crippen LogP contribution < -0.4 is 5.56 Å². The van der Waals surface area contributed by atoms with Gasteiger partial charge in [0.05, 0.1) is 6.61 Å². The summed E-state index contributed by atoms with van der Waals surface area (Å²) in [5.74, 6) is -0.534. The van der Waals surface area contributed by atoms with E-state index < -0.39 is 5.97 Å². The summed E-state index contributed by atoms with van der Waals surface area (Å²) >= 11 is 0. The molecule has 0 aliphatic heterocycles. The smallest absolute Gasteiger partial charge is 0.359 e. The number of allylic oxidation sites excluding steroid dienone is 1. The molecule has 0 aromatic carbocycles. The highest BCUT2D eigenvalue weighted by molar-refractivity contribution is 5.91. The Morgan fingerprint density at radius 2 is 2.37 bits per heavy atom. The molecule has 100 valence electrons. The maximum absolute atomic E-state index is 11.9. The summed E-state index contributed by atoms with van der Waals surface area (Å²) < 4.78 is 6.13. The average Bonchev–Trinajstić information content (AvgIpc) is 2.70. The molecule has 0 saturated heterocycles. The summed E-state index contributed by atoms with van der Waals surface area (Å²) in [5, 5.41) is 4.04. The summed E-state index contributed by atoms with van der Waals surface area (Å²) in [6, 6.07) is 1.42. The highest BCUT2D eigenvalue weighted by Crippen LogP contribution is 2.15. The van der Waals surface area contributed by atoms with E-state index in [1.54, 1.807) is 19.9 Å². The molecule has 0 atom stereocenters. The number of carbonyl (C=O) groups excluding carboxylic acids is 1. The fourth-order valence-electron chi connectivity index (χ4n) is 1.91. The Labute approximate surface area is 109 Å². The molecule has 2 aromatic heterocycles. The van der Waals surface area contributed by atoms with E-state index >= 15 is 0 Å². The quantitative estimate of drug-likeness (QED) is 0.663. The largest absolute Gasteiger partial charge is 0.461 e. The van der Waals surface area contributed by atoms with Crippen molar-refractivity contribution in [1.82, 2.24) is 14.6 Å². The van der Waals surface area contributed by atoms with Crippen LogP contribution in [0.4, 0.5) is 0 Å². The first-order valence-electron chi connectivity index (χ1n) is 5.98. The van der Waals surface area contributed by atoms with Crippen molar-refractivity contribution < 1.29 is 9.53 Å². The lowest BCUT2D eigenvalue weighted by molar-refractivity contribution is 0.0518. The molecule has 0 aliphatic carbocycles. The van der Waals surface area contributed by atoms with Crippen LogP contribution in [0, 0.1) is 6.92 Å². The third kappa shape index (κ3) is 2.29. The molecule has 2 aromatic rings. The molecule has 6 heteroatoms. The molecule has 6 nitrogen and oxygen atoms in total. The summed E-state index contributed by atoms with van der Waals surface area (Å²) in [6.45, 7) is 7.40. The van der Waals surface area contributed by atoms with Crippen molar-refractivity contribution in [2.45, 2.75) is 20.3 Å². The molecular weight excluding hydrogens is 246 g/mol. The number of ether oxygens (including phenoxy) is 1. The number of fused-ring (bicyclic) bond motifs is 1. The minimum atomic E-state index is -0.534. The number of aryl methyl sites for hydroxylation is 1. The van der Waals surface area contributed by atoms with Crippen molar-refractivity contribution in [2.75, 3.05) is 6.61 Å². The minimum Gasteiger partial charge on any atom is -0.461 e. The van der Waals surface area contributed by atoms with E-state index in [0.717, 1.165) is 0 Å². The predicted octanol–water partition coefficient (Wildman–Crippen LogP) is 1.24. The third-order valence-electron chi connectivity index (χ3n) is 2.67. The molecule has 0 saturated carbocycles. The van der Waals surface area contributed by atoms with Crippen LogP contribution in [0.2, 0.25) is 0 Å². The van der Waals surface area contributed by atoms with Gasteiger partial charge in [-0.05, 0) is 20.3 Å². The molecule has 0 radical (unpaired) electrons. The first-order chi connectivity index (χ1) is 9.08. The van der Waals surface area contributed by atoms with E-state index in [0.29, 0.717) is 23.3 Å². The van der Waals surface area contributed by atoms with Gasteiger partial charge in [0.25, 0.3) is 5.56 Å². The lowest BCUT2D eigenvalue weighted by Gasteiger charge is -2.00. The van der Waals surface area contributed by atoms with Crippen molar-refractivity contribution >= 4 is 11.6 Å².